The van der Waals surface area contributed by atoms with Gasteiger partial charge >= 0.3 is 0 Å². The molecule has 0 spiro atoms. The summed E-state index contributed by atoms with van der Waals surface area (Å²) in [5.41, 5.74) is 8.98. The van der Waals surface area contributed by atoms with Crippen LogP contribution in [-0.2, 0) is 12.8 Å². The van der Waals surface area contributed by atoms with Gasteiger partial charge in [-0.15, -0.1) is 0 Å². The molecule has 4 N–H and O–H groups in total. The zero-order valence-corrected chi connectivity index (χ0v) is 20.3. The Morgan fingerprint density at radius 1 is 1.24 bits per heavy atom. The lowest BCUT2D eigenvalue weighted by Crippen LogP contribution is -2.48. The third-order valence-corrected chi connectivity index (χ3v) is 7.03. The van der Waals surface area contributed by atoms with Crippen LogP contribution in [0.4, 0.5) is 0 Å². The van der Waals surface area contributed by atoms with E-state index >= 15 is 0 Å². The molecule has 0 bridgehead atoms. The number of hydrogen-bond acceptors (Lipinski definition) is 6. The average Bonchev–Trinajstić information content (AvgIpc) is 2.80. The van der Waals surface area contributed by atoms with Crippen molar-refractivity contribution in [2.45, 2.75) is 83.8 Å². The highest BCUT2D eigenvalue weighted by Crippen LogP contribution is 2.27. The third kappa shape index (κ3) is 5.33. The first-order chi connectivity index (χ1) is 16.3. The number of para-hydroxylation sites is 1. The molecule has 1 fully saturated rings. The van der Waals surface area contributed by atoms with Crippen LogP contribution in [0.25, 0.3) is 11.0 Å². The third-order valence-electron chi connectivity index (χ3n) is 7.03. The molecule has 0 radical (unpaired) electrons. The van der Waals surface area contributed by atoms with Gasteiger partial charge in [0.25, 0.3) is 5.56 Å². The maximum absolute atomic E-state index is 12.8. The largest absolute Gasteiger partial charge is 0.381 e. The van der Waals surface area contributed by atoms with Crippen molar-refractivity contribution in [2.24, 2.45) is 5.73 Å². The Bertz CT molecular complexity index is 1210. The van der Waals surface area contributed by atoms with Crippen molar-refractivity contribution in [1.29, 1.82) is 5.41 Å². The highest BCUT2D eigenvalue weighted by atomic mass is 16.1. The van der Waals surface area contributed by atoms with E-state index in [0.717, 1.165) is 35.9 Å². The molecule has 3 unspecified atom stereocenters. The van der Waals surface area contributed by atoms with Gasteiger partial charge in [-0.1, -0.05) is 18.6 Å². The minimum atomic E-state index is -0.215. The molecule has 4 rings (SSSR count). The highest BCUT2D eigenvalue weighted by molar-refractivity contribution is 5.91. The van der Waals surface area contributed by atoms with Gasteiger partial charge in [0, 0.05) is 30.7 Å². The monoisotopic (exact) mass is 461 g/mol. The summed E-state index contributed by atoms with van der Waals surface area (Å²) in [5.74, 6) is -0.0510. The summed E-state index contributed by atoms with van der Waals surface area (Å²) in [4.78, 5) is 31.5. The number of aryl methyl sites for hydroxylation is 1. The van der Waals surface area contributed by atoms with Gasteiger partial charge in [0.15, 0.2) is 11.7 Å². The minimum Gasteiger partial charge on any atom is -0.381 e. The van der Waals surface area contributed by atoms with Crippen molar-refractivity contribution >= 4 is 16.9 Å². The van der Waals surface area contributed by atoms with E-state index in [0.29, 0.717) is 29.5 Å². The van der Waals surface area contributed by atoms with Crippen LogP contribution in [0.1, 0.15) is 75.7 Å². The molecule has 0 aliphatic carbocycles. The van der Waals surface area contributed by atoms with Crippen LogP contribution in [0, 0.1) is 5.41 Å². The molecule has 3 aromatic rings. The molecule has 34 heavy (non-hydrogen) atoms. The Morgan fingerprint density at radius 2 is 2.00 bits per heavy atom. The SMILES string of the molecule is CC(CCCc1cccc2nc(Cc3ccnc(C(=N)N)n3)c(=O)[nH]c12)N1C(C)CCCC1C. The van der Waals surface area contributed by atoms with Crippen LogP contribution >= 0.6 is 0 Å². The number of H-pyrrole nitrogens is 1. The lowest BCUT2D eigenvalue weighted by molar-refractivity contribution is 0.0580. The number of fused-ring (bicyclic) bond motifs is 1. The van der Waals surface area contributed by atoms with Crippen molar-refractivity contribution < 1.29 is 0 Å². The first-order valence-corrected chi connectivity index (χ1v) is 12.3. The molecule has 0 amide bonds. The zero-order chi connectivity index (χ0) is 24.2. The van der Waals surface area contributed by atoms with E-state index < -0.39 is 0 Å². The molecule has 0 saturated carbocycles. The molecule has 8 nitrogen and oxygen atoms in total. The van der Waals surface area contributed by atoms with E-state index in [1.54, 1.807) is 12.3 Å². The van der Waals surface area contributed by atoms with E-state index in [9.17, 15) is 4.79 Å². The Kier molecular flexibility index (Phi) is 7.36. The lowest BCUT2D eigenvalue weighted by Gasteiger charge is -2.43. The second-order valence-electron chi connectivity index (χ2n) is 9.60. The van der Waals surface area contributed by atoms with Crippen molar-refractivity contribution in [3.05, 3.63) is 63.6 Å². The van der Waals surface area contributed by atoms with Crippen molar-refractivity contribution in [1.82, 2.24) is 24.8 Å². The molecule has 2 aromatic heterocycles. The first-order valence-electron chi connectivity index (χ1n) is 12.3. The summed E-state index contributed by atoms with van der Waals surface area (Å²) in [5, 5.41) is 7.51. The maximum atomic E-state index is 12.8. The fraction of sp³-hybridized carbons (Fsp3) is 0.500. The second-order valence-corrected chi connectivity index (χ2v) is 9.60. The minimum absolute atomic E-state index is 0.152. The predicted molar refractivity (Wildman–Crippen MR) is 135 cm³/mol. The smallest absolute Gasteiger partial charge is 0.270 e. The number of nitrogens with two attached hydrogens (primary N) is 1. The molecule has 1 aliphatic heterocycles. The number of amidine groups is 1. The lowest BCUT2D eigenvalue weighted by atomic mass is 9.93. The van der Waals surface area contributed by atoms with Crippen LogP contribution in [0.2, 0.25) is 0 Å². The Hall–Kier alpha value is -3.13. The Labute approximate surface area is 200 Å². The summed E-state index contributed by atoms with van der Waals surface area (Å²) in [6.07, 6.45) is 8.81. The van der Waals surface area contributed by atoms with Crippen molar-refractivity contribution in [3.63, 3.8) is 0 Å². The molecule has 1 aliphatic rings. The standard InChI is InChI=1S/C26H35N7O/c1-16-7-4-8-17(2)33(16)18(3)9-5-10-19-11-6-12-21-23(19)32-26(34)22(31-21)15-20-13-14-29-25(30-20)24(27)28/h6,11-14,16-18H,4-5,7-10,15H2,1-3H3,(H3,27,28)(H,32,34). The number of hydrogen-bond donors (Lipinski definition) is 3. The van der Waals surface area contributed by atoms with Gasteiger partial charge in [0.1, 0.15) is 5.69 Å². The van der Waals surface area contributed by atoms with E-state index in [2.05, 4.69) is 51.7 Å². The van der Waals surface area contributed by atoms with Crippen molar-refractivity contribution in [2.75, 3.05) is 0 Å². The molecule has 1 aromatic carbocycles. The van der Waals surface area contributed by atoms with Gasteiger partial charge in [-0.2, -0.15) is 0 Å². The van der Waals surface area contributed by atoms with Crippen LogP contribution in [0.15, 0.2) is 35.3 Å². The first kappa shape index (κ1) is 24.0. The van der Waals surface area contributed by atoms with Gasteiger partial charge in [-0.25, -0.2) is 15.0 Å². The summed E-state index contributed by atoms with van der Waals surface area (Å²) >= 11 is 0. The number of aromatic nitrogens is 4. The molecule has 8 heteroatoms. The summed E-state index contributed by atoms with van der Waals surface area (Å²) < 4.78 is 0. The normalized spacial score (nSPS) is 19.9. The topological polar surface area (TPSA) is 125 Å². The number of nitrogens with one attached hydrogen (secondary N) is 2. The number of piperidine rings is 1. The summed E-state index contributed by atoms with van der Waals surface area (Å²) in [7, 11) is 0. The molecule has 3 atom stereocenters. The number of likely N-dealkylation sites (tertiary alicyclic amines) is 1. The molecular weight excluding hydrogens is 426 g/mol. The van der Waals surface area contributed by atoms with E-state index in [-0.39, 0.29) is 23.6 Å². The van der Waals surface area contributed by atoms with Crippen LogP contribution in [0.3, 0.4) is 0 Å². The van der Waals surface area contributed by atoms with E-state index in [4.69, 9.17) is 11.1 Å². The van der Waals surface area contributed by atoms with E-state index in [1.165, 1.54) is 19.3 Å². The number of aromatic amines is 1. The molecule has 1 saturated heterocycles. The van der Waals surface area contributed by atoms with Gasteiger partial charge in [-0.05, 0) is 70.6 Å². The number of rotatable bonds is 8. The van der Waals surface area contributed by atoms with E-state index in [1.807, 2.05) is 12.1 Å². The summed E-state index contributed by atoms with van der Waals surface area (Å²) in [6.45, 7) is 7.06. The number of nitrogens with zero attached hydrogens (tertiary/aromatic N) is 4. The molecule has 3 heterocycles. The molecule has 180 valence electrons. The van der Waals surface area contributed by atoms with Gasteiger partial charge < -0.3 is 10.7 Å². The fourth-order valence-corrected chi connectivity index (χ4v) is 5.38. The maximum Gasteiger partial charge on any atom is 0.270 e. The van der Waals surface area contributed by atoms with Gasteiger partial charge in [-0.3, -0.25) is 15.1 Å². The molecular formula is C26H35N7O. The summed E-state index contributed by atoms with van der Waals surface area (Å²) in [6, 6.07) is 9.58. The fourth-order valence-electron chi connectivity index (χ4n) is 5.38. The van der Waals surface area contributed by atoms with Crippen LogP contribution in [-0.4, -0.2) is 48.8 Å². The Morgan fingerprint density at radius 3 is 2.74 bits per heavy atom. The number of benzene rings is 1. The predicted octanol–water partition coefficient (Wildman–Crippen LogP) is 3.56. The zero-order valence-electron chi connectivity index (χ0n) is 20.3. The number of nitrogen functional groups attached to an aromatic ring is 1. The second kappa shape index (κ2) is 10.4. The van der Waals surface area contributed by atoms with Crippen LogP contribution < -0.4 is 11.3 Å². The van der Waals surface area contributed by atoms with Crippen molar-refractivity contribution in [3.8, 4) is 0 Å². The van der Waals surface area contributed by atoms with Gasteiger partial charge in [0.05, 0.1) is 16.7 Å². The van der Waals surface area contributed by atoms with Gasteiger partial charge in [0.2, 0.25) is 0 Å². The van der Waals surface area contributed by atoms with Crippen LogP contribution in [0.5, 0.6) is 0 Å². The quantitative estimate of drug-likeness (QED) is 0.348. The average molecular weight is 462 g/mol. The Balaban J connectivity index is 1.47. The highest BCUT2D eigenvalue weighted by Gasteiger charge is 2.28.